The van der Waals surface area contributed by atoms with Crippen LogP contribution in [0.5, 0.6) is 0 Å². The fourth-order valence-corrected chi connectivity index (χ4v) is 3.57. The highest BCUT2D eigenvalue weighted by atomic mass is 16.5. The lowest BCUT2D eigenvalue weighted by atomic mass is 9.93. The summed E-state index contributed by atoms with van der Waals surface area (Å²) in [6, 6.07) is 8.67. The lowest BCUT2D eigenvalue weighted by molar-refractivity contribution is 0.0600. The number of methoxy groups -OCH3 is 1. The number of carbonyl (C=O) groups excluding carboxylic acids is 1. The number of ether oxygens (including phenoxy) is 1. The van der Waals surface area contributed by atoms with Crippen molar-refractivity contribution < 1.29 is 9.53 Å². The Bertz CT molecular complexity index is 504. The van der Waals surface area contributed by atoms with Crippen molar-refractivity contribution in [3.05, 3.63) is 35.4 Å². The van der Waals surface area contributed by atoms with E-state index in [0.29, 0.717) is 5.56 Å². The van der Waals surface area contributed by atoms with Crippen LogP contribution in [0.2, 0.25) is 0 Å². The second kappa shape index (κ2) is 7.28. The van der Waals surface area contributed by atoms with Crippen molar-refractivity contribution in [3.63, 3.8) is 0 Å². The first-order valence-electron chi connectivity index (χ1n) is 8.67. The smallest absolute Gasteiger partial charge is 0.337 e. The summed E-state index contributed by atoms with van der Waals surface area (Å²) in [6.45, 7) is 2.19. The average molecular weight is 301 g/mol. The van der Waals surface area contributed by atoms with Crippen molar-refractivity contribution in [1.82, 2.24) is 4.90 Å². The summed E-state index contributed by atoms with van der Waals surface area (Å²) in [4.78, 5) is 14.4. The van der Waals surface area contributed by atoms with Gasteiger partial charge in [0.05, 0.1) is 12.7 Å². The van der Waals surface area contributed by atoms with E-state index in [-0.39, 0.29) is 5.97 Å². The summed E-state index contributed by atoms with van der Waals surface area (Å²) >= 11 is 0. The molecule has 0 unspecified atom stereocenters. The van der Waals surface area contributed by atoms with Gasteiger partial charge in [-0.2, -0.15) is 0 Å². The van der Waals surface area contributed by atoms with E-state index in [0.717, 1.165) is 18.5 Å². The zero-order valence-electron chi connectivity index (χ0n) is 13.6. The molecule has 0 aliphatic heterocycles. The summed E-state index contributed by atoms with van der Waals surface area (Å²) in [5, 5.41) is 0. The molecule has 0 spiro atoms. The van der Waals surface area contributed by atoms with Crippen molar-refractivity contribution in [1.29, 1.82) is 0 Å². The second-order valence-corrected chi connectivity index (χ2v) is 6.86. The van der Waals surface area contributed by atoms with E-state index in [1.165, 1.54) is 64.2 Å². The molecular weight excluding hydrogens is 274 g/mol. The van der Waals surface area contributed by atoms with E-state index in [1.807, 2.05) is 18.2 Å². The number of hydrogen-bond acceptors (Lipinski definition) is 3. The van der Waals surface area contributed by atoms with E-state index in [4.69, 9.17) is 4.74 Å². The molecule has 3 heteroatoms. The molecule has 2 fully saturated rings. The lowest BCUT2D eigenvalue weighted by Crippen LogP contribution is -2.37. The van der Waals surface area contributed by atoms with Gasteiger partial charge in [-0.3, -0.25) is 4.90 Å². The van der Waals surface area contributed by atoms with Crippen LogP contribution < -0.4 is 0 Å². The molecule has 2 aliphatic rings. The normalized spacial score (nSPS) is 19.4. The van der Waals surface area contributed by atoms with Gasteiger partial charge in [0.15, 0.2) is 0 Å². The summed E-state index contributed by atoms with van der Waals surface area (Å²) in [5.41, 5.74) is 1.89. The zero-order chi connectivity index (χ0) is 15.4. The van der Waals surface area contributed by atoms with Crippen LogP contribution in [0.1, 0.15) is 60.9 Å². The fourth-order valence-electron chi connectivity index (χ4n) is 3.57. The standard InChI is InChI=1S/C19H27NO2/c1-22-19(21)17-7-5-6-16(12-17)14-20(13-15-10-11-15)18-8-3-2-4-9-18/h5-7,12,15,18H,2-4,8-11,13-14H2,1H3. The molecule has 0 aromatic heterocycles. The second-order valence-electron chi connectivity index (χ2n) is 6.86. The largest absolute Gasteiger partial charge is 0.465 e. The van der Waals surface area contributed by atoms with Crippen LogP contribution in [-0.2, 0) is 11.3 Å². The highest BCUT2D eigenvalue weighted by Gasteiger charge is 2.29. The minimum atomic E-state index is -0.242. The van der Waals surface area contributed by atoms with Gasteiger partial charge in [-0.05, 0) is 49.3 Å². The molecule has 1 aromatic rings. The summed E-state index contributed by atoms with van der Waals surface area (Å²) < 4.78 is 4.83. The number of carbonyl (C=O) groups is 1. The van der Waals surface area contributed by atoms with Crippen LogP contribution in [0.15, 0.2) is 24.3 Å². The molecule has 0 saturated heterocycles. The number of esters is 1. The van der Waals surface area contributed by atoms with Crippen LogP contribution in [0.25, 0.3) is 0 Å². The molecule has 0 radical (unpaired) electrons. The van der Waals surface area contributed by atoms with Crippen molar-refractivity contribution in [2.45, 2.75) is 57.5 Å². The molecule has 120 valence electrons. The van der Waals surface area contributed by atoms with Crippen LogP contribution in [-0.4, -0.2) is 30.6 Å². The van der Waals surface area contributed by atoms with Crippen molar-refractivity contribution in [2.75, 3.05) is 13.7 Å². The summed E-state index contributed by atoms with van der Waals surface area (Å²) in [6.07, 6.45) is 9.59. The maximum absolute atomic E-state index is 11.7. The zero-order valence-corrected chi connectivity index (χ0v) is 13.6. The first-order valence-corrected chi connectivity index (χ1v) is 8.67. The molecule has 2 saturated carbocycles. The van der Waals surface area contributed by atoms with Gasteiger partial charge in [0.25, 0.3) is 0 Å². The van der Waals surface area contributed by atoms with E-state index < -0.39 is 0 Å². The van der Waals surface area contributed by atoms with E-state index >= 15 is 0 Å². The Morgan fingerprint density at radius 3 is 2.64 bits per heavy atom. The van der Waals surface area contributed by atoms with Gasteiger partial charge in [-0.1, -0.05) is 31.4 Å². The van der Waals surface area contributed by atoms with Crippen LogP contribution >= 0.6 is 0 Å². The molecule has 2 aliphatic carbocycles. The first-order chi connectivity index (χ1) is 10.8. The number of rotatable bonds is 6. The molecule has 0 atom stereocenters. The number of hydrogen-bond donors (Lipinski definition) is 0. The molecule has 22 heavy (non-hydrogen) atoms. The maximum atomic E-state index is 11.7. The van der Waals surface area contributed by atoms with E-state index in [9.17, 15) is 4.79 Å². The predicted octanol–water partition coefficient (Wildman–Crippen LogP) is 4.02. The Balaban J connectivity index is 1.70. The van der Waals surface area contributed by atoms with Gasteiger partial charge in [-0.15, -0.1) is 0 Å². The number of benzene rings is 1. The highest BCUT2D eigenvalue weighted by Crippen LogP contribution is 2.33. The molecule has 0 heterocycles. The third-order valence-electron chi connectivity index (χ3n) is 5.01. The first kappa shape index (κ1) is 15.5. The van der Waals surface area contributed by atoms with E-state index in [2.05, 4.69) is 11.0 Å². The Kier molecular flexibility index (Phi) is 5.14. The molecule has 1 aromatic carbocycles. The van der Waals surface area contributed by atoms with E-state index in [1.54, 1.807) is 0 Å². The van der Waals surface area contributed by atoms with Gasteiger partial charge in [-0.25, -0.2) is 4.79 Å². The van der Waals surface area contributed by atoms with Gasteiger partial charge in [0.1, 0.15) is 0 Å². The van der Waals surface area contributed by atoms with Crippen molar-refractivity contribution in [3.8, 4) is 0 Å². The van der Waals surface area contributed by atoms with Gasteiger partial charge >= 0.3 is 5.97 Å². The molecule has 0 N–H and O–H groups in total. The lowest BCUT2D eigenvalue weighted by Gasteiger charge is -2.34. The average Bonchev–Trinajstić information content (AvgIpc) is 3.39. The Labute approximate surface area is 133 Å². The third kappa shape index (κ3) is 4.10. The van der Waals surface area contributed by atoms with Crippen molar-refractivity contribution >= 4 is 5.97 Å². The van der Waals surface area contributed by atoms with Gasteiger partial charge in [0, 0.05) is 19.1 Å². The Hall–Kier alpha value is -1.35. The molecule has 0 amide bonds. The Morgan fingerprint density at radius 1 is 1.18 bits per heavy atom. The predicted molar refractivity (Wildman–Crippen MR) is 87.8 cm³/mol. The fraction of sp³-hybridized carbons (Fsp3) is 0.632. The van der Waals surface area contributed by atoms with Gasteiger partial charge in [0.2, 0.25) is 0 Å². The molecule has 3 nitrogen and oxygen atoms in total. The van der Waals surface area contributed by atoms with Crippen LogP contribution in [0, 0.1) is 5.92 Å². The topological polar surface area (TPSA) is 29.5 Å². The third-order valence-corrected chi connectivity index (χ3v) is 5.01. The molecule has 0 bridgehead atoms. The molecular formula is C19H27NO2. The minimum Gasteiger partial charge on any atom is -0.465 e. The Morgan fingerprint density at radius 2 is 1.95 bits per heavy atom. The summed E-state index contributed by atoms with van der Waals surface area (Å²) in [7, 11) is 1.44. The monoisotopic (exact) mass is 301 g/mol. The van der Waals surface area contributed by atoms with Gasteiger partial charge < -0.3 is 4.74 Å². The molecule has 3 rings (SSSR count). The maximum Gasteiger partial charge on any atom is 0.337 e. The minimum absolute atomic E-state index is 0.242. The highest BCUT2D eigenvalue weighted by molar-refractivity contribution is 5.89. The van der Waals surface area contributed by atoms with Crippen LogP contribution in [0.3, 0.4) is 0 Å². The quantitative estimate of drug-likeness (QED) is 0.743. The SMILES string of the molecule is COC(=O)c1cccc(CN(CC2CC2)C2CCCCC2)c1. The van der Waals surface area contributed by atoms with Crippen LogP contribution in [0.4, 0.5) is 0 Å². The number of nitrogens with zero attached hydrogens (tertiary/aromatic N) is 1. The van der Waals surface area contributed by atoms with Crippen molar-refractivity contribution in [2.24, 2.45) is 5.92 Å². The summed E-state index contributed by atoms with van der Waals surface area (Å²) in [5.74, 6) is 0.666.